The zero-order valence-electron chi connectivity index (χ0n) is 16.4. The van der Waals surface area contributed by atoms with Gasteiger partial charge in [-0.3, -0.25) is 4.90 Å². The lowest BCUT2D eigenvalue weighted by Gasteiger charge is -2.33. The molecule has 0 unspecified atom stereocenters. The number of esters is 1. The van der Waals surface area contributed by atoms with E-state index in [0.29, 0.717) is 50.1 Å². The number of rotatable bonds is 8. The first-order chi connectivity index (χ1) is 13.9. The van der Waals surface area contributed by atoms with Gasteiger partial charge in [-0.05, 0) is 38.1 Å². The SMILES string of the molecule is CCOC(=O)c1ccc(S(=O)(=O)N2CCN(Cc3nnc(OCC)s3)CC2)cc1. The third kappa shape index (κ3) is 5.30. The third-order valence-electron chi connectivity index (χ3n) is 4.41. The monoisotopic (exact) mass is 440 g/mol. The molecule has 11 heteroatoms. The summed E-state index contributed by atoms with van der Waals surface area (Å²) in [5.74, 6) is -0.464. The molecule has 1 saturated heterocycles. The molecule has 1 fully saturated rings. The molecular formula is C18H24N4O5S2. The molecule has 0 amide bonds. The summed E-state index contributed by atoms with van der Waals surface area (Å²) in [6, 6.07) is 5.86. The van der Waals surface area contributed by atoms with Crippen molar-refractivity contribution in [1.29, 1.82) is 0 Å². The van der Waals surface area contributed by atoms with E-state index < -0.39 is 16.0 Å². The van der Waals surface area contributed by atoms with Gasteiger partial charge in [-0.2, -0.15) is 4.31 Å². The van der Waals surface area contributed by atoms with E-state index in [1.54, 1.807) is 6.92 Å². The smallest absolute Gasteiger partial charge is 0.338 e. The predicted octanol–water partition coefficient (Wildman–Crippen LogP) is 1.62. The number of benzene rings is 1. The molecule has 9 nitrogen and oxygen atoms in total. The number of hydrogen-bond acceptors (Lipinski definition) is 9. The summed E-state index contributed by atoms with van der Waals surface area (Å²) in [4.78, 5) is 14.0. The highest BCUT2D eigenvalue weighted by atomic mass is 32.2. The minimum Gasteiger partial charge on any atom is -0.469 e. The zero-order chi connectivity index (χ0) is 20.9. The number of aromatic nitrogens is 2. The average molecular weight is 441 g/mol. The van der Waals surface area contributed by atoms with Gasteiger partial charge in [0.2, 0.25) is 10.0 Å². The average Bonchev–Trinajstić information content (AvgIpc) is 3.16. The molecule has 1 aliphatic rings. The molecule has 2 heterocycles. The minimum atomic E-state index is -3.61. The van der Waals surface area contributed by atoms with Crippen LogP contribution in [0.1, 0.15) is 29.2 Å². The number of hydrogen-bond donors (Lipinski definition) is 0. The molecule has 1 aliphatic heterocycles. The van der Waals surface area contributed by atoms with Crippen molar-refractivity contribution in [1.82, 2.24) is 19.4 Å². The lowest BCUT2D eigenvalue weighted by Crippen LogP contribution is -2.48. The fourth-order valence-electron chi connectivity index (χ4n) is 2.93. The highest BCUT2D eigenvalue weighted by molar-refractivity contribution is 7.89. The molecule has 0 aliphatic carbocycles. The maximum absolute atomic E-state index is 12.9. The zero-order valence-corrected chi connectivity index (χ0v) is 18.0. The van der Waals surface area contributed by atoms with Crippen molar-refractivity contribution in [2.24, 2.45) is 0 Å². The van der Waals surface area contributed by atoms with Gasteiger partial charge in [0.1, 0.15) is 5.01 Å². The lowest BCUT2D eigenvalue weighted by molar-refractivity contribution is 0.0526. The van der Waals surface area contributed by atoms with Crippen LogP contribution in [0.15, 0.2) is 29.2 Å². The van der Waals surface area contributed by atoms with E-state index in [2.05, 4.69) is 15.1 Å². The van der Waals surface area contributed by atoms with Crippen LogP contribution in [0.5, 0.6) is 5.19 Å². The van der Waals surface area contributed by atoms with Crippen LogP contribution in [-0.2, 0) is 21.3 Å². The van der Waals surface area contributed by atoms with Gasteiger partial charge in [0.15, 0.2) is 0 Å². The Balaban J connectivity index is 1.58. The number of nitrogens with zero attached hydrogens (tertiary/aromatic N) is 4. The van der Waals surface area contributed by atoms with Crippen molar-refractivity contribution in [2.45, 2.75) is 25.3 Å². The van der Waals surface area contributed by atoms with Gasteiger partial charge in [0.25, 0.3) is 5.19 Å². The van der Waals surface area contributed by atoms with Crippen molar-refractivity contribution >= 4 is 27.3 Å². The molecule has 1 aromatic heterocycles. The Morgan fingerprint density at radius 2 is 1.76 bits per heavy atom. The molecule has 0 atom stereocenters. The van der Waals surface area contributed by atoms with Gasteiger partial charge >= 0.3 is 5.97 Å². The maximum atomic E-state index is 12.9. The van der Waals surface area contributed by atoms with Gasteiger partial charge in [-0.25, -0.2) is 13.2 Å². The van der Waals surface area contributed by atoms with E-state index in [0.717, 1.165) is 5.01 Å². The van der Waals surface area contributed by atoms with Crippen LogP contribution in [0.25, 0.3) is 0 Å². The quantitative estimate of drug-likeness (QED) is 0.571. The number of carbonyl (C=O) groups excluding carboxylic acids is 1. The largest absolute Gasteiger partial charge is 0.469 e. The van der Waals surface area contributed by atoms with Crippen molar-refractivity contribution in [3.05, 3.63) is 34.8 Å². The molecule has 2 aromatic rings. The second-order valence-corrected chi connectivity index (χ2v) is 9.28. The Kier molecular flexibility index (Phi) is 7.17. The van der Waals surface area contributed by atoms with Crippen LogP contribution in [0.2, 0.25) is 0 Å². The van der Waals surface area contributed by atoms with E-state index in [1.807, 2.05) is 6.92 Å². The molecule has 29 heavy (non-hydrogen) atoms. The Morgan fingerprint density at radius 3 is 2.38 bits per heavy atom. The normalized spacial score (nSPS) is 15.9. The fourth-order valence-corrected chi connectivity index (χ4v) is 5.14. The molecular weight excluding hydrogens is 416 g/mol. The van der Waals surface area contributed by atoms with Crippen LogP contribution in [0.3, 0.4) is 0 Å². The first kappa shape index (κ1) is 21.6. The molecule has 0 saturated carbocycles. The Hall–Kier alpha value is -2.08. The summed E-state index contributed by atoms with van der Waals surface area (Å²) in [6.45, 7) is 7.03. The van der Waals surface area contributed by atoms with Gasteiger partial charge in [0, 0.05) is 26.2 Å². The Morgan fingerprint density at radius 1 is 1.07 bits per heavy atom. The molecule has 1 aromatic carbocycles. The van der Waals surface area contributed by atoms with E-state index in [-0.39, 0.29) is 11.5 Å². The van der Waals surface area contributed by atoms with Crippen LogP contribution in [-0.4, -0.2) is 73.2 Å². The molecule has 158 valence electrons. The molecule has 0 bridgehead atoms. The van der Waals surface area contributed by atoms with E-state index in [4.69, 9.17) is 9.47 Å². The summed E-state index contributed by atoms with van der Waals surface area (Å²) in [5.41, 5.74) is 0.332. The number of carbonyl (C=O) groups is 1. The Bertz CT molecular complexity index is 922. The van der Waals surface area contributed by atoms with Gasteiger partial charge in [-0.1, -0.05) is 11.3 Å². The maximum Gasteiger partial charge on any atom is 0.338 e. The van der Waals surface area contributed by atoms with Crippen molar-refractivity contribution in [3.8, 4) is 5.19 Å². The van der Waals surface area contributed by atoms with Crippen LogP contribution in [0.4, 0.5) is 0 Å². The first-order valence-electron chi connectivity index (χ1n) is 9.39. The van der Waals surface area contributed by atoms with Gasteiger partial charge < -0.3 is 9.47 Å². The third-order valence-corrected chi connectivity index (χ3v) is 7.14. The topological polar surface area (TPSA) is 102 Å². The summed E-state index contributed by atoms with van der Waals surface area (Å²) >= 11 is 1.41. The molecule has 0 spiro atoms. The predicted molar refractivity (Wildman–Crippen MR) is 108 cm³/mol. The summed E-state index contributed by atoms with van der Waals surface area (Å²) < 4.78 is 37.5. The molecule has 0 N–H and O–H groups in total. The molecule has 0 radical (unpaired) electrons. The van der Waals surface area contributed by atoms with Crippen LogP contribution >= 0.6 is 11.3 Å². The minimum absolute atomic E-state index is 0.171. The summed E-state index contributed by atoms with van der Waals surface area (Å²) in [7, 11) is -3.61. The first-order valence-corrected chi connectivity index (χ1v) is 11.6. The van der Waals surface area contributed by atoms with Crippen molar-refractivity contribution in [3.63, 3.8) is 0 Å². The van der Waals surface area contributed by atoms with Crippen molar-refractivity contribution < 1.29 is 22.7 Å². The summed E-state index contributed by atoms with van der Waals surface area (Å²) in [5, 5.41) is 9.49. The number of sulfonamides is 1. The van der Waals surface area contributed by atoms with E-state index in [9.17, 15) is 13.2 Å². The van der Waals surface area contributed by atoms with Crippen LogP contribution < -0.4 is 4.74 Å². The second kappa shape index (κ2) is 9.61. The summed E-state index contributed by atoms with van der Waals surface area (Å²) in [6.07, 6.45) is 0. The Labute approximate surface area is 174 Å². The molecule has 3 rings (SSSR count). The van der Waals surface area contributed by atoms with Gasteiger partial charge in [0.05, 0.1) is 30.2 Å². The van der Waals surface area contributed by atoms with E-state index in [1.165, 1.54) is 39.9 Å². The standard InChI is InChI=1S/C18H24N4O5S2/c1-3-26-17(23)14-5-7-15(8-6-14)29(24,25)22-11-9-21(10-12-22)13-16-19-20-18(28-16)27-4-2/h5-8H,3-4,9-13H2,1-2H3. The highest BCUT2D eigenvalue weighted by Gasteiger charge is 2.29. The second-order valence-electron chi connectivity index (χ2n) is 6.32. The van der Waals surface area contributed by atoms with Crippen LogP contribution in [0, 0.1) is 0 Å². The van der Waals surface area contributed by atoms with Crippen molar-refractivity contribution in [2.75, 3.05) is 39.4 Å². The number of piperazine rings is 1. The fraction of sp³-hybridized carbons (Fsp3) is 0.500. The highest BCUT2D eigenvalue weighted by Crippen LogP contribution is 2.22. The van der Waals surface area contributed by atoms with E-state index >= 15 is 0 Å². The van der Waals surface area contributed by atoms with Gasteiger partial charge in [-0.15, -0.1) is 10.2 Å². The number of ether oxygens (including phenoxy) is 2. The lowest BCUT2D eigenvalue weighted by atomic mass is 10.2.